The first-order chi connectivity index (χ1) is 5.29. The number of aromatic nitrogens is 3. The van der Waals surface area contributed by atoms with E-state index in [4.69, 9.17) is 24.4 Å². The molecule has 3 nitrogen and oxygen atoms in total. The van der Waals surface area contributed by atoms with Crippen LogP contribution in [0.25, 0.3) is 11.0 Å². The predicted octanol–water partition coefficient (Wildman–Crippen LogP) is 1.39. The summed E-state index contributed by atoms with van der Waals surface area (Å²) >= 11 is 10.7. The maximum Gasteiger partial charge on any atom is 0.141 e. The monoisotopic (exact) mass is 184 g/mol. The van der Waals surface area contributed by atoms with Gasteiger partial charge < -0.3 is 16.8 Å². The van der Waals surface area contributed by atoms with E-state index >= 15 is 0 Å². The van der Waals surface area contributed by atoms with E-state index in [0.29, 0.717) is 10.8 Å². The summed E-state index contributed by atoms with van der Waals surface area (Å²) in [6.45, 7) is 0. The maximum absolute atomic E-state index is 5.76. The Morgan fingerprint density at radius 1 is 1.45 bits per heavy atom. The molecule has 0 saturated carbocycles. The Balaban J connectivity index is 2.94. The normalized spacial score (nSPS) is 10.6. The second kappa shape index (κ2) is 2.32. The van der Waals surface area contributed by atoms with Gasteiger partial charge in [0.25, 0.3) is 0 Å². The van der Waals surface area contributed by atoms with Gasteiger partial charge in [-0.3, -0.25) is 0 Å². The minimum atomic E-state index is 0.443. The zero-order valence-corrected chi connectivity index (χ0v) is 6.93. The number of halogens is 1. The lowest BCUT2D eigenvalue weighted by atomic mass is 10.4. The molecule has 2 aromatic heterocycles. The van der Waals surface area contributed by atoms with Crippen molar-refractivity contribution < 1.29 is 0 Å². The van der Waals surface area contributed by atoms with Crippen LogP contribution in [0.2, 0.25) is 5.15 Å². The van der Waals surface area contributed by atoms with Crippen LogP contribution < -0.4 is 0 Å². The largest absolute Gasteiger partial charge is 0.686 e. The van der Waals surface area contributed by atoms with Gasteiger partial charge in [-0.15, -0.1) is 0 Å². The molecular formula is C6H3ClN3S-. The number of hydrogen-bond donors (Lipinski definition) is 0. The molecule has 5 heteroatoms. The molecule has 0 atom stereocenters. The lowest BCUT2D eigenvalue weighted by Crippen LogP contribution is -1.87. The van der Waals surface area contributed by atoms with E-state index in [1.807, 2.05) is 0 Å². The van der Waals surface area contributed by atoms with Crippen LogP contribution in [0.4, 0.5) is 0 Å². The van der Waals surface area contributed by atoms with Crippen LogP contribution >= 0.6 is 11.6 Å². The van der Waals surface area contributed by atoms with Crippen LogP contribution in [0.15, 0.2) is 18.6 Å². The summed E-state index contributed by atoms with van der Waals surface area (Å²) in [7, 11) is 0. The number of rotatable bonds is 0. The SMILES string of the molecule is [S-]n1ccc2c(Cl)ncnc21. The second-order valence-corrected chi connectivity index (χ2v) is 2.79. The summed E-state index contributed by atoms with van der Waals surface area (Å²) < 4.78 is 1.49. The van der Waals surface area contributed by atoms with E-state index in [2.05, 4.69) is 9.97 Å². The highest BCUT2D eigenvalue weighted by atomic mass is 35.5. The molecular weight excluding hydrogens is 182 g/mol. The van der Waals surface area contributed by atoms with Crippen LogP contribution in [0, 0.1) is 0 Å². The van der Waals surface area contributed by atoms with Gasteiger partial charge in [0.15, 0.2) is 0 Å². The van der Waals surface area contributed by atoms with E-state index in [9.17, 15) is 0 Å². The van der Waals surface area contributed by atoms with Gasteiger partial charge in [0.1, 0.15) is 17.1 Å². The summed E-state index contributed by atoms with van der Waals surface area (Å²) in [5.74, 6) is 0. The molecule has 2 aromatic rings. The van der Waals surface area contributed by atoms with Gasteiger partial charge in [-0.25, -0.2) is 9.97 Å². The highest BCUT2D eigenvalue weighted by Crippen LogP contribution is 2.18. The van der Waals surface area contributed by atoms with Gasteiger partial charge in [-0.1, -0.05) is 11.6 Å². The maximum atomic E-state index is 5.76. The van der Waals surface area contributed by atoms with E-state index in [1.54, 1.807) is 12.3 Å². The number of nitrogens with zero attached hydrogens (tertiary/aromatic N) is 3. The Hall–Kier alpha value is -0.870. The molecule has 0 spiro atoms. The third kappa shape index (κ3) is 0.948. The lowest BCUT2D eigenvalue weighted by Gasteiger charge is -2.05. The molecule has 2 heterocycles. The van der Waals surface area contributed by atoms with E-state index in [0.717, 1.165) is 5.39 Å². The van der Waals surface area contributed by atoms with Gasteiger partial charge in [0.2, 0.25) is 0 Å². The van der Waals surface area contributed by atoms with Gasteiger partial charge in [-0.05, 0) is 12.3 Å². The molecule has 0 amide bonds. The molecule has 0 aliphatic carbocycles. The van der Waals surface area contributed by atoms with Crippen molar-refractivity contribution in [2.75, 3.05) is 0 Å². The molecule has 56 valence electrons. The Morgan fingerprint density at radius 3 is 3.00 bits per heavy atom. The molecule has 0 fully saturated rings. The fraction of sp³-hybridized carbons (Fsp3) is 0. The molecule has 0 unspecified atom stereocenters. The Kier molecular flexibility index (Phi) is 1.44. The highest BCUT2D eigenvalue weighted by molar-refractivity contribution is 7.57. The van der Waals surface area contributed by atoms with Crippen LogP contribution in [0.3, 0.4) is 0 Å². The van der Waals surface area contributed by atoms with Crippen LogP contribution in [0.1, 0.15) is 0 Å². The summed E-state index contributed by atoms with van der Waals surface area (Å²) in [5, 5.41) is 1.24. The Morgan fingerprint density at radius 2 is 2.27 bits per heavy atom. The standard InChI is InChI=1S/C6H3ClN3S/c7-5-4-1-2-10(11)6(4)9-3-8-5/h1-3H/q-1. The molecule has 0 saturated heterocycles. The van der Waals surface area contributed by atoms with Gasteiger partial charge in [-0.2, -0.15) is 0 Å². The number of hydrogen-bond acceptors (Lipinski definition) is 3. The molecule has 2 rings (SSSR count). The molecule has 0 bridgehead atoms. The van der Waals surface area contributed by atoms with Crippen molar-refractivity contribution in [2.45, 2.75) is 0 Å². The van der Waals surface area contributed by atoms with Crippen molar-refractivity contribution in [3.05, 3.63) is 23.7 Å². The van der Waals surface area contributed by atoms with Crippen molar-refractivity contribution in [1.29, 1.82) is 0 Å². The topological polar surface area (TPSA) is 30.7 Å². The smallest absolute Gasteiger partial charge is 0.141 e. The lowest BCUT2D eigenvalue weighted by molar-refractivity contribution is 1.18. The molecule has 11 heavy (non-hydrogen) atoms. The van der Waals surface area contributed by atoms with Gasteiger partial charge in [0, 0.05) is 0 Å². The zero-order chi connectivity index (χ0) is 7.84. The highest BCUT2D eigenvalue weighted by Gasteiger charge is 1.99. The average molecular weight is 185 g/mol. The van der Waals surface area contributed by atoms with Crippen molar-refractivity contribution in [1.82, 2.24) is 13.9 Å². The van der Waals surface area contributed by atoms with Crippen molar-refractivity contribution >= 4 is 35.4 Å². The average Bonchev–Trinajstić information content (AvgIpc) is 2.35. The fourth-order valence-corrected chi connectivity index (χ4v) is 1.29. The molecule has 0 aromatic carbocycles. The third-order valence-corrected chi connectivity index (χ3v) is 2.00. The molecule has 0 radical (unpaired) electrons. The van der Waals surface area contributed by atoms with E-state index in [1.165, 1.54) is 10.3 Å². The first-order valence-electron chi connectivity index (χ1n) is 2.94. The summed E-state index contributed by atoms with van der Waals surface area (Å²) in [6.07, 6.45) is 3.12. The number of fused-ring (bicyclic) bond motifs is 1. The summed E-state index contributed by atoms with van der Waals surface area (Å²) in [4.78, 5) is 7.78. The Bertz CT molecular complexity index is 398. The molecule has 0 aliphatic rings. The minimum absolute atomic E-state index is 0.443. The van der Waals surface area contributed by atoms with Crippen LogP contribution in [0.5, 0.6) is 0 Å². The summed E-state index contributed by atoms with van der Waals surface area (Å²) in [6, 6.07) is 1.80. The third-order valence-electron chi connectivity index (χ3n) is 1.40. The van der Waals surface area contributed by atoms with E-state index in [-0.39, 0.29) is 0 Å². The van der Waals surface area contributed by atoms with Gasteiger partial charge in [0.05, 0.1) is 5.39 Å². The first-order valence-corrected chi connectivity index (χ1v) is 3.68. The van der Waals surface area contributed by atoms with Crippen molar-refractivity contribution in [2.24, 2.45) is 0 Å². The zero-order valence-electron chi connectivity index (χ0n) is 5.36. The van der Waals surface area contributed by atoms with Crippen molar-refractivity contribution in [3.8, 4) is 0 Å². The Labute approximate surface area is 73.6 Å². The van der Waals surface area contributed by atoms with Crippen LogP contribution in [-0.2, 0) is 12.8 Å². The minimum Gasteiger partial charge on any atom is -0.686 e. The molecule has 0 N–H and O–H groups in total. The quantitative estimate of drug-likeness (QED) is 0.458. The van der Waals surface area contributed by atoms with Crippen molar-refractivity contribution in [3.63, 3.8) is 0 Å². The van der Waals surface area contributed by atoms with Crippen LogP contribution in [-0.4, -0.2) is 13.9 Å². The second-order valence-electron chi connectivity index (χ2n) is 2.04. The predicted molar refractivity (Wildman–Crippen MR) is 45.3 cm³/mol. The first kappa shape index (κ1) is 6.82. The van der Waals surface area contributed by atoms with Gasteiger partial charge >= 0.3 is 0 Å². The molecule has 0 aliphatic heterocycles. The fourth-order valence-electron chi connectivity index (χ4n) is 0.897. The van der Waals surface area contributed by atoms with E-state index < -0.39 is 0 Å². The summed E-state index contributed by atoms with van der Waals surface area (Å²) in [5.41, 5.74) is 0.681.